The summed E-state index contributed by atoms with van der Waals surface area (Å²) >= 11 is 0. The summed E-state index contributed by atoms with van der Waals surface area (Å²) in [7, 11) is -4.34. The molecule has 0 aliphatic rings. The summed E-state index contributed by atoms with van der Waals surface area (Å²) in [6.07, 6.45) is -0.927. The molecule has 0 aromatic heterocycles. The molecule has 0 bridgehead atoms. The average Bonchev–Trinajstić information content (AvgIpc) is 2.27. The van der Waals surface area contributed by atoms with Crippen molar-refractivity contribution in [3.8, 4) is 0 Å². The van der Waals surface area contributed by atoms with Crippen molar-refractivity contribution in [3.05, 3.63) is 35.6 Å². The molecule has 0 saturated heterocycles. The summed E-state index contributed by atoms with van der Waals surface area (Å²) in [5.41, 5.74) is -0.530. The van der Waals surface area contributed by atoms with Crippen LogP contribution in [0.2, 0.25) is 0 Å². The molecule has 0 saturated carbocycles. The molecule has 0 fully saturated rings. The highest BCUT2D eigenvalue weighted by atomic mass is 32.2. The Bertz CT molecular complexity index is 624. The molecule has 1 unspecified atom stereocenters. The molecule has 1 aromatic carbocycles. The number of alkyl carbamates (subject to hydrolysis) is 1. The Kier molecular flexibility index (Phi) is 5.90. The van der Waals surface area contributed by atoms with Gasteiger partial charge in [-0.1, -0.05) is 18.2 Å². The zero-order valence-corrected chi connectivity index (χ0v) is 13.5. The fourth-order valence-corrected chi connectivity index (χ4v) is 2.52. The second-order valence-corrected chi connectivity index (χ2v) is 7.38. The number of amides is 1. The quantitative estimate of drug-likeness (QED) is 0.806. The maximum atomic E-state index is 13.6. The third kappa shape index (κ3) is 7.37. The molecule has 0 heterocycles. The van der Waals surface area contributed by atoms with Gasteiger partial charge < -0.3 is 10.1 Å². The summed E-state index contributed by atoms with van der Waals surface area (Å²) in [6, 6.07) is 4.78. The van der Waals surface area contributed by atoms with Crippen molar-refractivity contribution >= 4 is 16.2 Å². The Morgan fingerprint density at radius 2 is 1.95 bits per heavy atom. The zero-order valence-electron chi connectivity index (χ0n) is 12.7. The van der Waals surface area contributed by atoms with Crippen molar-refractivity contribution in [1.29, 1.82) is 0 Å². The number of hydrogen-bond donors (Lipinski definition) is 2. The van der Waals surface area contributed by atoms with Crippen molar-refractivity contribution in [2.75, 3.05) is 5.75 Å². The van der Waals surface area contributed by atoms with Crippen LogP contribution in [0.5, 0.6) is 0 Å². The summed E-state index contributed by atoms with van der Waals surface area (Å²) in [6.45, 7) is 4.96. The number of ether oxygens (including phenoxy) is 1. The van der Waals surface area contributed by atoms with Gasteiger partial charge in [0, 0.05) is 0 Å². The van der Waals surface area contributed by atoms with E-state index in [-0.39, 0.29) is 12.0 Å². The third-order valence-electron chi connectivity index (χ3n) is 2.56. The van der Waals surface area contributed by atoms with Gasteiger partial charge in [0.1, 0.15) is 11.4 Å². The molecule has 0 radical (unpaired) electrons. The SMILES string of the molecule is CC(C)(C)OC(=O)NC(Cc1ccccc1F)CS(=O)(=O)O. The van der Waals surface area contributed by atoms with E-state index in [1.807, 2.05) is 0 Å². The number of nitrogens with one attached hydrogen (secondary N) is 1. The molecule has 0 aliphatic carbocycles. The van der Waals surface area contributed by atoms with Crippen LogP contribution in [0.3, 0.4) is 0 Å². The Balaban J connectivity index is 2.85. The van der Waals surface area contributed by atoms with Crippen molar-refractivity contribution in [2.24, 2.45) is 0 Å². The average molecular weight is 333 g/mol. The Labute approximate surface area is 129 Å². The van der Waals surface area contributed by atoms with E-state index in [1.54, 1.807) is 26.8 Å². The third-order valence-corrected chi connectivity index (χ3v) is 3.38. The monoisotopic (exact) mass is 333 g/mol. The van der Waals surface area contributed by atoms with Crippen molar-refractivity contribution < 1.29 is 26.9 Å². The van der Waals surface area contributed by atoms with Gasteiger partial charge in [0.15, 0.2) is 0 Å². The van der Waals surface area contributed by atoms with Gasteiger partial charge in [-0.3, -0.25) is 4.55 Å². The van der Waals surface area contributed by atoms with Crippen LogP contribution >= 0.6 is 0 Å². The minimum atomic E-state index is -4.34. The standard InChI is InChI=1S/C14H20FNO5S/c1-14(2,3)21-13(17)16-11(9-22(18,19)20)8-10-6-4-5-7-12(10)15/h4-7,11H,8-9H2,1-3H3,(H,16,17)(H,18,19,20). The first kappa shape index (κ1) is 18.4. The predicted octanol–water partition coefficient (Wildman–Crippen LogP) is 2.15. The number of hydrogen-bond acceptors (Lipinski definition) is 4. The van der Waals surface area contributed by atoms with Gasteiger partial charge in [-0.05, 0) is 38.8 Å². The lowest BCUT2D eigenvalue weighted by atomic mass is 10.1. The molecule has 1 aromatic rings. The second kappa shape index (κ2) is 7.06. The lowest BCUT2D eigenvalue weighted by Crippen LogP contribution is -2.43. The minimum absolute atomic E-state index is 0.0916. The van der Waals surface area contributed by atoms with Crippen LogP contribution in [0.4, 0.5) is 9.18 Å². The van der Waals surface area contributed by atoms with Crippen LogP contribution in [0.15, 0.2) is 24.3 Å². The number of rotatable bonds is 5. The van der Waals surface area contributed by atoms with E-state index in [0.29, 0.717) is 0 Å². The fourth-order valence-electron chi connectivity index (χ4n) is 1.81. The largest absolute Gasteiger partial charge is 0.444 e. The highest BCUT2D eigenvalue weighted by Crippen LogP contribution is 2.12. The fraction of sp³-hybridized carbons (Fsp3) is 0.500. The highest BCUT2D eigenvalue weighted by molar-refractivity contribution is 7.85. The van der Waals surface area contributed by atoms with E-state index < -0.39 is 39.4 Å². The molecule has 124 valence electrons. The second-order valence-electron chi connectivity index (χ2n) is 5.89. The zero-order chi connectivity index (χ0) is 17.0. The lowest BCUT2D eigenvalue weighted by Gasteiger charge is -2.23. The number of halogens is 1. The van der Waals surface area contributed by atoms with Crippen molar-refractivity contribution in [1.82, 2.24) is 5.32 Å². The van der Waals surface area contributed by atoms with E-state index in [9.17, 15) is 17.6 Å². The highest BCUT2D eigenvalue weighted by Gasteiger charge is 2.24. The molecular weight excluding hydrogens is 313 g/mol. The van der Waals surface area contributed by atoms with Crippen LogP contribution in [0.1, 0.15) is 26.3 Å². The van der Waals surface area contributed by atoms with Crippen molar-refractivity contribution in [2.45, 2.75) is 38.8 Å². The number of benzene rings is 1. The predicted molar refractivity (Wildman–Crippen MR) is 79.7 cm³/mol. The van der Waals surface area contributed by atoms with Gasteiger partial charge in [-0.25, -0.2) is 9.18 Å². The normalized spacial score (nSPS) is 13.5. The van der Waals surface area contributed by atoms with Gasteiger partial charge >= 0.3 is 6.09 Å². The van der Waals surface area contributed by atoms with Gasteiger partial charge in [0.2, 0.25) is 0 Å². The first-order chi connectivity index (χ1) is 9.96. The number of carbonyl (C=O) groups excluding carboxylic acids is 1. The maximum Gasteiger partial charge on any atom is 0.407 e. The minimum Gasteiger partial charge on any atom is -0.444 e. The van der Waals surface area contributed by atoms with E-state index in [4.69, 9.17) is 9.29 Å². The van der Waals surface area contributed by atoms with Crippen LogP contribution in [-0.4, -0.2) is 36.5 Å². The number of carbonyl (C=O) groups is 1. The van der Waals surface area contributed by atoms with E-state index in [0.717, 1.165) is 0 Å². The van der Waals surface area contributed by atoms with Gasteiger partial charge in [0.05, 0.1) is 11.8 Å². The Morgan fingerprint density at radius 1 is 1.36 bits per heavy atom. The van der Waals surface area contributed by atoms with Gasteiger partial charge in [-0.15, -0.1) is 0 Å². The molecular formula is C14H20FNO5S. The molecule has 0 spiro atoms. The summed E-state index contributed by atoms with van der Waals surface area (Å²) < 4.78 is 49.7. The molecule has 1 atom stereocenters. The first-order valence-corrected chi connectivity index (χ1v) is 8.25. The van der Waals surface area contributed by atoms with E-state index in [2.05, 4.69) is 5.32 Å². The topological polar surface area (TPSA) is 92.7 Å². The summed E-state index contributed by atoms with van der Waals surface area (Å²) in [4.78, 5) is 11.7. The molecule has 6 nitrogen and oxygen atoms in total. The maximum absolute atomic E-state index is 13.6. The first-order valence-electron chi connectivity index (χ1n) is 6.64. The van der Waals surface area contributed by atoms with Gasteiger partial charge in [0.25, 0.3) is 10.1 Å². The molecule has 8 heteroatoms. The Hall–Kier alpha value is -1.67. The van der Waals surface area contributed by atoms with E-state index >= 15 is 0 Å². The lowest BCUT2D eigenvalue weighted by molar-refractivity contribution is 0.0509. The summed E-state index contributed by atoms with van der Waals surface area (Å²) in [5, 5.41) is 2.34. The smallest absolute Gasteiger partial charge is 0.407 e. The van der Waals surface area contributed by atoms with Crippen LogP contribution in [0, 0.1) is 5.82 Å². The molecule has 2 N–H and O–H groups in total. The summed E-state index contributed by atoms with van der Waals surface area (Å²) in [5.74, 6) is -1.26. The molecule has 0 aliphatic heterocycles. The molecule has 1 rings (SSSR count). The van der Waals surface area contributed by atoms with Crippen molar-refractivity contribution in [3.63, 3.8) is 0 Å². The van der Waals surface area contributed by atoms with E-state index in [1.165, 1.54) is 18.2 Å². The van der Waals surface area contributed by atoms with Gasteiger partial charge in [-0.2, -0.15) is 8.42 Å². The van der Waals surface area contributed by atoms with Crippen LogP contribution < -0.4 is 5.32 Å². The van der Waals surface area contributed by atoms with Crippen LogP contribution in [-0.2, 0) is 21.3 Å². The Morgan fingerprint density at radius 3 is 2.45 bits per heavy atom. The molecule has 1 amide bonds. The van der Waals surface area contributed by atoms with Crippen LogP contribution in [0.25, 0.3) is 0 Å². The molecule has 22 heavy (non-hydrogen) atoms.